The van der Waals surface area contributed by atoms with Crippen molar-refractivity contribution in [1.82, 2.24) is 0 Å². The molecule has 0 radical (unpaired) electrons. The zero-order valence-corrected chi connectivity index (χ0v) is 21.8. The molecule has 4 atom stereocenters. The van der Waals surface area contributed by atoms with E-state index in [1.807, 2.05) is 19.1 Å². The van der Waals surface area contributed by atoms with Crippen LogP contribution in [0.25, 0.3) is 0 Å². The first-order chi connectivity index (χ1) is 16.1. The Labute approximate surface area is 204 Å². The van der Waals surface area contributed by atoms with Gasteiger partial charge in [-0.15, -0.1) is 0 Å². The summed E-state index contributed by atoms with van der Waals surface area (Å²) in [4.78, 5) is 0. The normalized spacial score (nSPS) is 32.5. The van der Waals surface area contributed by atoms with Crippen LogP contribution in [0.15, 0.2) is 18.2 Å². The van der Waals surface area contributed by atoms with Gasteiger partial charge in [0.1, 0.15) is 5.82 Å². The molecule has 3 fully saturated rings. The summed E-state index contributed by atoms with van der Waals surface area (Å²) >= 11 is 0. The molecule has 0 aliphatic heterocycles. The molecule has 0 nitrogen and oxygen atoms in total. The zero-order valence-electron chi connectivity index (χ0n) is 21.8. The molecule has 1 aromatic carbocycles. The van der Waals surface area contributed by atoms with Crippen LogP contribution in [0.1, 0.15) is 140 Å². The monoisotopic (exact) mass is 454 g/mol. The fraction of sp³-hybridized carbons (Fsp3) is 0.812. The van der Waals surface area contributed by atoms with Crippen molar-refractivity contribution in [3.8, 4) is 0 Å². The smallest absolute Gasteiger partial charge is 0.126 e. The summed E-state index contributed by atoms with van der Waals surface area (Å²) < 4.78 is 14.1. The van der Waals surface area contributed by atoms with Crippen molar-refractivity contribution in [2.24, 2.45) is 29.6 Å². The van der Waals surface area contributed by atoms with E-state index in [1.165, 1.54) is 121 Å². The van der Waals surface area contributed by atoms with E-state index in [4.69, 9.17) is 0 Å². The molecule has 3 aliphatic rings. The lowest BCUT2D eigenvalue weighted by Gasteiger charge is -2.43. The Balaban J connectivity index is 1.12. The minimum atomic E-state index is -0.0145. The third kappa shape index (κ3) is 7.32. The minimum Gasteiger partial charge on any atom is -0.207 e. The number of halogens is 1. The maximum Gasteiger partial charge on any atom is 0.126 e. The van der Waals surface area contributed by atoms with Crippen LogP contribution in [0.4, 0.5) is 4.39 Å². The summed E-state index contributed by atoms with van der Waals surface area (Å²) in [6.45, 7) is 4.19. The second-order valence-electron chi connectivity index (χ2n) is 12.4. The predicted octanol–water partition coefficient (Wildman–Crippen LogP) is 10.4. The number of hydrogen-bond acceptors (Lipinski definition) is 0. The molecule has 186 valence electrons. The van der Waals surface area contributed by atoms with Gasteiger partial charge in [-0.1, -0.05) is 103 Å². The molecule has 0 saturated heterocycles. The third-order valence-electron chi connectivity index (χ3n) is 10.1. The fourth-order valence-corrected chi connectivity index (χ4v) is 7.73. The first-order valence-corrected chi connectivity index (χ1v) is 14.9. The summed E-state index contributed by atoms with van der Waals surface area (Å²) in [6, 6.07) is 6.00. The van der Waals surface area contributed by atoms with Gasteiger partial charge in [-0.2, -0.15) is 0 Å². The number of benzene rings is 1. The van der Waals surface area contributed by atoms with Gasteiger partial charge in [0.15, 0.2) is 0 Å². The first-order valence-electron chi connectivity index (χ1n) is 14.9. The Morgan fingerprint density at radius 1 is 0.697 bits per heavy atom. The molecule has 1 heteroatoms. The van der Waals surface area contributed by atoms with Crippen molar-refractivity contribution in [3.63, 3.8) is 0 Å². The highest BCUT2D eigenvalue weighted by atomic mass is 19.1. The Kier molecular flexibility index (Phi) is 9.75. The molecule has 33 heavy (non-hydrogen) atoms. The van der Waals surface area contributed by atoms with Crippen molar-refractivity contribution in [3.05, 3.63) is 35.1 Å². The summed E-state index contributed by atoms with van der Waals surface area (Å²) in [5, 5.41) is 0. The molecule has 4 rings (SSSR count). The average molecular weight is 455 g/mol. The van der Waals surface area contributed by atoms with Gasteiger partial charge in [0, 0.05) is 0 Å². The quantitative estimate of drug-likeness (QED) is 0.308. The average Bonchev–Trinajstić information content (AvgIpc) is 2.84. The second-order valence-corrected chi connectivity index (χ2v) is 12.4. The molecule has 4 unspecified atom stereocenters. The van der Waals surface area contributed by atoms with E-state index in [2.05, 4.69) is 13.0 Å². The predicted molar refractivity (Wildman–Crippen MR) is 140 cm³/mol. The van der Waals surface area contributed by atoms with E-state index >= 15 is 0 Å². The topological polar surface area (TPSA) is 0 Å². The molecule has 1 aromatic rings. The Morgan fingerprint density at radius 2 is 1.33 bits per heavy atom. The van der Waals surface area contributed by atoms with E-state index in [0.29, 0.717) is 5.92 Å². The Bertz CT molecular complexity index is 700. The van der Waals surface area contributed by atoms with E-state index in [9.17, 15) is 4.39 Å². The third-order valence-corrected chi connectivity index (χ3v) is 10.1. The van der Waals surface area contributed by atoms with Crippen LogP contribution in [-0.2, 0) is 0 Å². The van der Waals surface area contributed by atoms with Gasteiger partial charge >= 0.3 is 0 Å². The van der Waals surface area contributed by atoms with Crippen molar-refractivity contribution in [2.75, 3.05) is 0 Å². The highest BCUT2D eigenvalue weighted by Gasteiger charge is 2.36. The van der Waals surface area contributed by atoms with Crippen LogP contribution in [0.5, 0.6) is 0 Å². The molecule has 0 N–H and O–H groups in total. The van der Waals surface area contributed by atoms with Gasteiger partial charge in [0.2, 0.25) is 0 Å². The maximum absolute atomic E-state index is 14.1. The van der Waals surface area contributed by atoms with E-state index in [-0.39, 0.29) is 5.82 Å². The largest absolute Gasteiger partial charge is 0.207 e. The molecule has 3 aliphatic carbocycles. The van der Waals surface area contributed by atoms with Gasteiger partial charge in [0.25, 0.3) is 0 Å². The number of aryl methyl sites for hydroxylation is 1. The van der Waals surface area contributed by atoms with Gasteiger partial charge in [-0.05, 0) is 91.7 Å². The van der Waals surface area contributed by atoms with Crippen LogP contribution in [0.3, 0.4) is 0 Å². The van der Waals surface area contributed by atoms with E-state index < -0.39 is 0 Å². The minimum absolute atomic E-state index is 0.0145. The second kappa shape index (κ2) is 12.7. The lowest BCUT2D eigenvalue weighted by molar-refractivity contribution is 0.108. The summed E-state index contributed by atoms with van der Waals surface area (Å²) in [5.74, 6) is 5.52. The first kappa shape index (κ1) is 25.2. The van der Waals surface area contributed by atoms with Crippen LogP contribution in [-0.4, -0.2) is 0 Å². The van der Waals surface area contributed by atoms with Crippen molar-refractivity contribution >= 4 is 0 Å². The van der Waals surface area contributed by atoms with Gasteiger partial charge < -0.3 is 0 Å². The van der Waals surface area contributed by atoms with Crippen molar-refractivity contribution in [2.45, 2.75) is 135 Å². The standard InChI is InChI=1S/C32H51F/c1-3-4-5-6-7-8-25-10-12-26(13-11-25)14-15-27-16-18-29-22-30(20-19-28(29)21-27)31-17-9-24(2)32(33)23-31/h9,17,23,25-30H,3-8,10-16,18-22H2,1-2H3. The van der Waals surface area contributed by atoms with Crippen molar-refractivity contribution < 1.29 is 4.39 Å². The van der Waals surface area contributed by atoms with E-state index in [0.717, 1.165) is 35.2 Å². The molecule has 0 spiro atoms. The summed E-state index contributed by atoms with van der Waals surface area (Å²) in [5.41, 5.74) is 2.04. The lowest BCUT2D eigenvalue weighted by Crippen LogP contribution is -2.30. The number of rotatable bonds is 10. The SMILES string of the molecule is CCCCCCCC1CCC(CCC2CCC3CC(c4ccc(C)c(F)c4)CCC3C2)CC1. The summed E-state index contributed by atoms with van der Waals surface area (Å²) in [7, 11) is 0. The van der Waals surface area contributed by atoms with Crippen LogP contribution in [0.2, 0.25) is 0 Å². The number of fused-ring (bicyclic) bond motifs is 1. The molecule has 0 amide bonds. The number of hydrogen-bond donors (Lipinski definition) is 0. The van der Waals surface area contributed by atoms with Crippen LogP contribution < -0.4 is 0 Å². The number of unbranched alkanes of at least 4 members (excludes halogenated alkanes) is 4. The highest BCUT2D eigenvalue weighted by Crippen LogP contribution is 2.49. The van der Waals surface area contributed by atoms with Gasteiger partial charge in [-0.3, -0.25) is 0 Å². The van der Waals surface area contributed by atoms with Crippen molar-refractivity contribution in [1.29, 1.82) is 0 Å². The van der Waals surface area contributed by atoms with Gasteiger partial charge in [0.05, 0.1) is 0 Å². The zero-order chi connectivity index (χ0) is 23.0. The Hall–Kier alpha value is -0.850. The molecular weight excluding hydrogens is 403 g/mol. The van der Waals surface area contributed by atoms with E-state index in [1.54, 1.807) is 0 Å². The van der Waals surface area contributed by atoms with Gasteiger partial charge in [-0.25, -0.2) is 4.39 Å². The molecular formula is C32H51F. The molecule has 0 aromatic heterocycles. The lowest BCUT2D eigenvalue weighted by atomic mass is 9.63. The Morgan fingerprint density at radius 3 is 2.09 bits per heavy atom. The molecule has 0 heterocycles. The summed E-state index contributed by atoms with van der Waals surface area (Å²) in [6.07, 6.45) is 26.2. The fourth-order valence-electron chi connectivity index (χ4n) is 7.73. The molecule has 0 bridgehead atoms. The molecule has 3 saturated carbocycles. The maximum atomic E-state index is 14.1. The van der Waals surface area contributed by atoms with Crippen LogP contribution >= 0.6 is 0 Å². The van der Waals surface area contributed by atoms with Crippen LogP contribution in [0, 0.1) is 42.3 Å². The highest BCUT2D eigenvalue weighted by molar-refractivity contribution is 5.26.